The van der Waals surface area contributed by atoms with Crippen molar-refractivity contribution in [2.24, 2.45) is 0 Å². The minimum atomic E-state index is -2.86. The topological polar surface area (TPSA) is 25.8 Å². The molecule has 178 valence electrons. The Balaban J connectivity index is 1.66. The Morgan fingerprint density at radius 3 is 2.24 bits per heavy atom. The van der Waals surface area contributed by atoms with E-state index in [1.165, 1.54) is 53.8 Å². The lowest BCUT2D eigenvalue weighted by molar-refractivity contribution is 1.28. The number of hydrogen-bond donors (Lipinski definition) is 0. The first-order valence-corrected chi connectivity index (χ1v) is 15.1. The minimum Gasteiger partial charge on any atom is -0.245 e. The van der Waals surface area contributed by atoms with Crippen molar-refractivity contribution in [3.05, 3.63) is 133 Å². The van der Waals surface area contributed by atoms with Gasteiger partial charge in [-0.15, -0.1) is 0 Å². The van der Waals surface area contributed by atoms with E-state index in [0.717, 1.165) is 16.4 Å². The number of hydrogen-bond acceptors (Lipinski definition) is 2. The Hall–Kier alpha value is -4.60. The van der Waals surface area contributed by atoms with Crippen LogP contribution in [0, 0.1) is 6.92 Å². The number of benzene rings is 6. The average Bonchev–Trinajstić information content (AvgIpc) is 3.30. The van der Waals surface area contributed by atoms with Gasteiger partial charge < -0.3 is 0 Å². The summed E-state index contributed by atoms with van der Waals surface area (Å²) in [7, 11) is -2.86. The van der Waals surface area contributed by atoms with Crippen LogP contribution in [0.1, 0.15) is 5.56 Å². The van der Waals surface area contributed by atoms with E-state index in [9.17, 15) is 0 Å². The summed E-state index contributed by atoms with van der Waals surface area (Å²) in [6.07, 6.45) is 2.02. The molecule has 0 saturated carbocycles. The molecule has 0 radical (unpaired) electrons. The molecule has 1 unspecified atom stereocenters. The summed E-state index contributed by atoms with van der Waals surface area (Å²) in [6, 6.07) is 44.2. The lowest BCUT2D eigenvalue weighted by Gasteiger charge is -2.30. The van der Waals surface area contributed by atoms with Gasteiger partial charge in [0.2, 0.25) is 8.07 Å². The number of nitrogens with zero attached hydrogens (tertiary/aromatic N) is 2. The van der Waals surface area contributed by atoms with Gasteiger partial charge in [-0.25, -0.2) is 9.97 Å². The fourth-order valence-corrected chi connectivity index (χ4v) is 11.7. The molecular weight excluding hydrogens is 476 g/mol. The van der Waals surface area contributed by atoms with Gasteiger partial charge in [-0.05, 0) is 61.2 Å². The Morgan fingerprint density at radius 2 is 1.34 bits per heavy atom. The lowest BCUT2D eigenvalue weighted by Crippen LogP contribution is -2.74. The highest BCUT2D eigenvalue weighted by Gasteiger charge is 2.52. The molecule has 7 aromatic rings. The third kappa shape index (κ3) is 2.77. The normalized spacial score (nSPS) is 16.1. The molecule has 0 spiro atoms. The van der Waals surface area contributed by atoms with Gasteiger partial charge in [0.05, 0.1) is 5.52 Å². The molecule has 8 rings (SSSR count). The van der Waals surface area contributed by atoms with Gasteiger partial charge >= 0.3 is 0 Å². The maximum Gasteiger partial charge on any atom is 0.227 e. The van der Waals surface area contributed by atoms with E-state index in [0.29, 0.717) is 0 Å². The molecule has 6 aromatic carbocycles. The second-order valence-electron chi connectivity index (χ2n) is 10.3. The van der Waals surface area contributed by atoms with Crippen LogP contribution in [-0.2, 0) is 0 Å². The third-order valence-electron chi connectivity index (χ3n) is 8.19. The average molecular weight is 501 g/mol. The van der Waals surface area contributed by atoms with Crippen LogP contribution in [0.4, 0.5) is 0 Å². The summed E-state index contributed by atoms with van der Waals surface area (Å²) in [4.78, 5) is 10.5. The zero-order valence-corrected chi connectivity index (χ0v) is 22.0. The highest BCUT2D eigenvalue weighted by atomic mass is 28.3. The van der Waals surface area contributed by atoms with Crippen molar-refractivity contribution in [3.8, 4) is 11.1 Å². The summed E-state index contributed by atoms with van der Waals surface area (Å²) in [5.41, 5.74) is 5.87. The van der Waals surface area contributed by atoms with Crippen molar-refractivity contribution in [1.29, 1.82) is 0 Å². The number of aryl methyl sites for hydroxylation is 1. The molecule has 2 nitrogen and oxygen atoms in total. The van der Waals surface area contributed by atoms with E-state index >= 15 is 0 Å². The quantitative estimate of drug-likeness (QED) is 0.228. The van der Waals surface area contributed by atoms with Gasteiger partial charge in [-0.1, -0.05) is 121 Å². The van der Waals surface area contributed by atoms with Crippen molar-refractivity contribution in [2.75, 3.05) is 0 Å². The molecule has 0 saturated heterocycles. The zero-order chi connectivity index (χ0) is 25.3. The van der Waals surface area contributed by atoms with Gasteiger partial charge in [0, 0.05) is 11.6 Å². The van der Waals surface area contributed by atoms with E-state index in [1.807, 2.05) is 6.20 Å². The van der Waals surface area contributed by atoms with Crippen LogP contribution < -0.4 is 21.0 Å². The molecule has 38 heavy (non-hydrogen) atoms. The second-order valence-corrected chi connectivity index (χ2v) is 13.8. The first-order valence-electron chi connectivity index (χ1n) is 13.1. The number of fused-ring (bicyclic) bond motifs is 9. The van der Waals surface area contributed by atoms with Crippen LogP contribution in [0.5, 0.6) is 0 Å². The molecular formula is C35H24N2Si. The Kier molecular flexibility index (Phi) is 4.49. The predicted molar refractivity (Wildman–Crippen MR) is 162 cm³/mol. The fraction of sp³-hybridized carbons (Fsp3) is 0.0286. The standard InChI is InChI=1S/C35H24N2Si/c1-23-19-20-28-30(21-23)26-14-6-7-15-27(26)33-29-16-8-10-18-32(29)38(34(28)33,25-12-3-2-4-13-25)35-36-22-24-11-5-9-17-31(24)37-35/h2-22H,1H3. The Labute approximate surface area is 222 Å². The maximum atomic E-state index is 5.36. The van der Waals surface area contributed by atoms with E-state index < -0.39 is 8.07 Å². The molecule has 1 atom stereocenters. The monoisotopic (exact) mass is 500 g/mol. The molecule has 2 heterocycles. The maximum absolute atomic E-state index is 5.36. The number of aromatic nitrogens is 2. The zero-order valence-electron chi connectivity index (χ0n) is 21.0. The van der Waals surface area contributed by atoms with Gasteiger partial charge in [0.25, 0.3) is 0 Å². The van der Waals surface area contributed by atoms with Gasteiger partial charge in [-0.2, -0.15) is 0 Å². The molecule has 0 aliphatic carbocycles. The van der Waals surface area contributed by atoms with E-state index in [2.05, 4.69) is 128 Å². The molecule has 1 aliphatic rings. The smallest absolute Gasteiger partial charge is 0.227 e. The van der Waals surface area contributed by atoms with Crippen molar-refractivity contribution in [3.63, 3.8) is 0 Å². The Morgan fingerprint density at radius 1 is 0.605 bits per heavy atom. The molecule has 0 bridgehead atoms. The van der Waals surface area contributed by atoms with Crippen LogP contribution in [0.15, 0.2) is 128 Å². The van der Waals surface area contributed by atoms with Crippen LogP contribution in [-0.4, -0.2) is 18.0 Å². The lowest BCUT2D eigenvalue weighted by atomic mass is 9.92. The molecule has 0 amide bonds. The van der Waals surface area contributed by atoms with E-state index in [1.54, 1.807) is 0 Å². The summed E-state index contributed by atoms with van der Waals surface area (Å²) in [5.74, 6) is 0. The highest BCUT2D eigenvalue weighted by molar-refractivity contribution is 7.22. The molecule has 1 aliphatic heterocycles. The molecule has 0 N–H and O–H groups in total. The van der Waals surface area contributed by atoms with Crippen molar-refractivity contribution >= 4 is 61.5 Å². The molecule has 3 heteroatoms. The SMILES string of the molecule is Cc1ccc2c3c(c4ccccc4c2c1)-c1ccccc1[Si]3(c1ccccc1)c1ncc2ccccc2n1. The van der Waals surface area contributed by atoms with Crippen LogP contribution in [0.2, 0.25) is 0 Å². The van der Waals surface area contributed by atoms with Gasteiger partial charge in [-0.3, -0.25) is 0 Å². The minimum absolute atomic E-state index is 0.950. The Bertz CT molecular complexity index is 2050. The predicted octanol–water partition coefficient (Wildman–Crippen LogP) is 5.60. The van der Waals surface area contributed by atoms with Gasteiger partial charge in [0.15, 0.2) is 0 Å². The molecule has 0 fully saturated rings. The summed E-state index contributed by atoms with van der Waals surface area (Å²) >= 11 is 0. The first kappa shape index (κ1) is 21.5. The van der Waals surface area contributed by atoms with Crippen molar-refractivity contribution in [2.45, 2.75) is 6.92 Å². The van der Waals surface area contributed by atoms with E-state index in [4.69, 9.17) is 9.97 Å². The third-order valence-corrected chi connectivity index (χ3v) is 12.8. The van der Waals surface area contributed by atoms with E-state index in [-0.39, 0.29) is 0 Å². The number of para-hydroxylation sites is 1. The summed E-state index contributed by atoms with van der Waals surface area (Å²) < 4.78 is 0. The second kappa shape index (κ2) is 7.95. The van der Waals surface area contributed by atoms with Crippen molar-refractivity contribution in [1.82, 2.24) is 9.97 Å². The largest absolute Gasteiger partial charge is 0.245 e. The molecule has 1 aromatic heterocycles. The fourth-order valence-electron chi connectivity index (χ4n) is 6.64. The van der Waals surface area contributed by atoms with Crippen molar-refractivity contribution < 1.29 is 0 Å². The van der Waals surface area contributed by atoms with Crippen LogP contribution in [0.25, 0.3) is 43.6 Å². The summed E-state index contributed by atoms with van der Waals surface area (Å²) in [5, 5.41) is 10.4. The highest BCUT2D eigenvalue weighted by Crippen LogP contribution is 2.39. The van der Waals surface area contributed by atoms with Crippen LogP contribution >= 0.6 is 0 Å². The number of rotatable bonds is 2. The summed E-state index contributed by atoms with van der Waals surface area (Å²) in [6.45, 7) is 2.19. The van der Waals surface area contributed by atoms with Gasteiger partial charge in [0.1, 0.15) is 5.45 Å². The first-order chi connectivity index (χ1) is 18.8. The van der Waals surface area contributed by atoms with Crippen LogP contribution in [0.3, 0.4) is 0 Å².